The highest BCUT2D eigenvalue weighted by atomic mass is 19.1. The molecule has 34 heavy (non-hydrogen) atoms. The lowest BCUT2D eigenvalue weighted by molar-refractivity contribution is -0.124. The van der Waals surface area contributed by atoms with Gasteiger partial charge in [0.25, 0.3) is 5.56 Å². The molecule has 174 valence electrons. The summed E-state index contributed by atoms with van der Waals surface area (Å²) in [7, 11) is 0. The first-order valence-corrected chi connectivity index (χ1v) is 10.1. The van der Waals surface area contributed by atoms with E-state index in [0.717, 1.165) is 30.3 Å². The topological polar surface area (TPSA) is 84.0 Å². The van der Waals surface area contributed by atoms with Crippen LogP contribution >= 0.6 is 0 Å². The summed E-state index contributed by atoms with van der Waals surface area (Å²) in [5.74, 6) is -3.85. The van der Waals surface area contributed by atoms with E-state index in [9.17, 15) is 31.9 Å². The summed E-state index contributed by atoms with van der Waals surface area (Å²) in [6, 6.07) is 9.77. The van der Waals surface area contributed by atoms with Gasteiger partial charge in [0.05, 0.1) is 10.9 Å². The average Bonchev–Trinajstić information content (AvgIpc) is 2.78. The fourth-order valence-corrected chi connectivity index (χ4v) is 3.64. The Balaban J connectivity index is 1.76. The predicted molar refractivity (Wildman–Crippen MR) is 116 cm³/mol. The van der Waals surface area contributed by atoms with Gasteiger partial charge in [-0.05, 0) is 42.0 Å². The first kappa shape index (κ1) is 23.0. The lowest BCUT2D eigenvalue weighted by Crippen LogP contribution is -2.45. The molecular weight excluding hydrogens is 454 g/mol. The van der Waals surface area contributed by atoms with Crippen molar-refractivity contribution in [1.29, 1.82) is 0 Å². The van der Waals surface area contributed by atoms with Crippen LogP contribution in [-0.4, -0.2) is 15.5 Å². The van der Waals surface area contributed by atoms with Crippen molar-refractivity contribution in [3.8, 4) is 0 Å². The summed E-state index contributed by atoms with van der Waals surface area (Å²) >= 11 is 0. The zero-order valence-corrected chi connectivity index (χ0v) is 17.4. The molecule has 1 aromatic heterocycles. The third-order valence-electron chi connectivity index (χ3n) is 5.29. The number of aromatic amines is 1. The highest BCUT2D eigenvalue weighted by Crippen LogP contribution is 2.16. The van der Waals surface area contributed by atoms with E-state index in [0.29, 0.717) is 16.2 Å². The van der Waals surface area contributed by atoms with Crippen molar-refractivity contribution in [3.63, 3.8) is 0 Å². The second-order valence-electron chi connectivity index (χ2n) is 7.60. The lowest BCUT2D eigenvalue weighted by Gasteiger charge is -2.19. The molecule has 4 aromatic rings. The number of aromatic nitrogens is 2. The van der Waals surface area contributed by atoms with Crippen LogP contribution in [0.5, 0.6) is 0 Å². The number of rotatable bonds is 6. The maximum atomic E-state index is 14.0. The number of H-pyrrole nitrogens is 1. The summed E-state index contributed by atoms with van der Waals surface area (Å²) in [5, 5.41) is 2.26. The van der Waals surface area contributed by atoms with Gasteiger partial charge in [0.15, 0.2) is 0 Å². The van der Waals surface area contributed by atoms with Gasteiger partial charge < -0.3 is 10.3 Å². The minimum Gasteiger partial charge on any atom is -0.350 e. The molecule has 0 saturated heterocycles. The Morgan fingerprint density at radius 2 is 1.62 bits per heavy atom. The first-order chi connectivity index (χ1) is 16.2. The fraction of sp³-hybridized carbons (Fsp3) is 0.125. The minimum atomic E-state index is -1.48. The summed E-state index contributed by atoms with van der Waals surface area (Å²) in [5.41, 5.74) is -1.51. The molecule has 0 bridgehead atoms. The normalized spacial score (nSPS) is 12.0. The molecular formula is C24H17F4N3O3. The molecule has 1 heterocycles. The van der Waals surface area contributed by atoms with Gasteiger partial charge in [-0.3, -0.25) is 9.59 Å². The molecule has 0 radical (unpaired) electrons. The van der Waals surface area contributed by atoms with Gasteiger partial charge in [-0.1, -0.05) is 18.2 Å². The van der Waals surface area contributed by atoms with E-state index in [4.69, 9.17) is 0 Å². The fourth-order valence-electron chi connectivity index (χ4n) is 3.64. The van der Waals surface area contributed by atoms with Crippen LogP contribution in [0.25, 0.3) is 10.9 Å². The molecule has 1 atom stereocenters. The lowest BCUT2D eigenvalue weighted by atomic mass is 10.0. The van der Waals surface area contributed by atoms with Crippen LogP contribution < -0.4 is 16.6 Å². The highest BCUT2D eigenvalue weighted by molar-refractivity contribution is 5.82. The van der Waals surface area contributed by atoms with Gasteiger partial charge in [-0.25, -0.2) is 26.9 Å². The van der Waals surface area contributed by atoms with E-state index < -0.39 is 46.5 Å². The highest BCUT2D eigenvalue weighted by Gasteiger charge is 2.26. The summed E-state index contributed by atoms with van der Waals surface area (Å²) in [6.45, 7) is -0.362. The standard InChI is InChI=1S/C24H17F4N3O3/c25-15-3-1-2-13(8-15)9-21(22(32)29-12-14-4-5-17(27)11-19(14)28)31-23(33)18-10-16(26)6-7-20(18)30-24(31)34/h1-8,10-11,21H,9,12H2,(H,29,32)(H,30,34). The van der Waals surface area contributed by atoms with Crippen molar-refractivity contribution in [3.05, 3.63) is 116 Å². The van der Waals surface area contributed by atoms with Crippen LogP contribution in [0.15, 0.2) is 70.3 Å². The molecule has 3 aromatic carbocycles. The van der Waals surface area contributed by atoms with E-state index in [2.05, 4.69) is 10.3 Å². The number of nitrogens with zero attached hydrogens (tertiary/aromatic N) is 1. The molecule has 6 nitrogen and oxygen atoms in total. The second-order valence-corrected chi connectivity index (χ2v) is 7.60. The van der Waals surface area contributed by atoms with Gasteiger partial charge in [0.2, 0.25) is 5.91 Å². The molecule has 0 aliphatic carbocycles. The molecule has 0 fully saturated rings. The molecule has 1 amide bonds. The zero-order valence-electron chi connectivity index (χ0n) is 17.4. The minimum absolute atomic E-state index is 0.0268. The van der Waals surface area contributed by atoms with Gasteiger partial charge in [0.1, 0.15) is 29.3 Å². The van der Waals surface area contributed by atoms with Crippen molar-refractivity contribution in [2.24, 2.45) is 0 Å². The van der Waals surface area contributed by atoms with Gasteiger partial charge in [-0.15, -0.1) is 0 Å². The Hall–Kier alpha value is -4.21. The smallest absolute Gasteiger partial charge is 0.329 e. The number of amides is 1. The van der Waals surface area contributed by atoms with E-state index >= 15 is 0 Å². The van der Waals surface area contributed by atoms with Gasteiger partial charge in [-0.2, -0.15) is 0 Å². The van der Waals surface area contributed by atoms with Crippen molar-refractivity contribution < 1.29 is 22.4 Å². The second kappa shape index (κ2) is 9.34. The number of fused-ring (bicyclic) bond motifs is 1. The summed E-state index contributed by atoms with van der Waals surface area (Å²) in [6.07, 6.45) is -0.265. The number of benzene rings is 3. The SMILES string of the molecule is O=C(NCc1ccc(F)cc1F)C(Cc1cccc(F)c1)n1c(=O)[nH]c2ccc(F)cc2c1=O. The number of hydrogen-bond donors (Lipinski definition) is 2. The number of hydrogen-bond acceptors (Lipinski definition) is 3. The molecule has 1 unspecified atom stereocenters. The third-order valence-corrected chi connectivity index (χ3v) is 5.29. The number of halogens is 4. The summed E-state index contributed by atoms with van der Waals surface area (Å²) < 4.78 is 55.2. The van der Waals surface area contributed by atoms with Crippen LogP contribution in [0.3, 0.4) is 0 Å². The number of carbonyl (C=O) groups excluding carboxylic acids is 1. The molecule has 10 heteroatoms. The van der Waals surface area contributed by atoms with Crippen molar-refractivity contribution in [2.45, 2.75) is 19.0 Å². The van der Waals surface area contributed by atoms with Crippen LogP contribution in [0.1, 0.15) is 17.2 Å². The maximum Gasteiger partial charge on any atom is 0.329 e. The molecule has 2 N–H and O–H groups in total. The quantitative estimate of drug-likeness (QED) is 0.423. The van der Waals surface area contributed by atoms with Gasteiger partial charge in [0, 0.05) is 24.6 Å². The molecule has 4 rings (SSSR count). The molecule has 0 aliphatic heterocycles. The Labute approximate surface area is 189 Å². The zero-order chi connectivity index (χ0) is 24.4. The van der Waals surface area contributed by atoms with E-state index in [-0.39, 0.29) is 29.4 Å². The van der Waals surface area contributed by atoms with E-state index in [1.807, 2.05) is 0 Å². The van der Waals surface area contributed by atoms with Crippen LogP contribution in [-0.2, 0) is 17.8 Å². The Bertz CT molecular complexity index is 1510. The molecule has 0 spiro atoms. The largest absolute Gasteiger partial charge is 0.350 e. The van der Waals surface area contributed by atoms with Crippen molar-refractivity contribution in [1.82, 2.24) is 14.9 Å². The maximum absolute atomic E-state index is 14.0. The Kier molecular flexibility index (Phi) is 6.31. The monoisotopic (exact) mass is 471 g/mol. The number of carbonyl (C=O) groups is 1. The summed E-state index contributed by atoms with van der Waals surface area (Å²) in [4.78, 5) is 41.4. The van der Waals surface area contributed by atoms with Crippen molar-refractivity contribution in [2.75, 3.05) is 0 Å². The van der Waals surface area contributed by atoms with Gasteiger partial charge >= 0.3 is 5.69 Å². The van der Waals surface area contributed by atoms with Crippen molar-refractivity contribution >= 4 is 16.8 Å². The molecule has 0 aliphatic rings. The molecule has 0 saturated carbocycles. The van der Waals surface area contributed by atoms with Crippen LogP contribution in [0.4, 0.5) is 17.6 Å². The Morgan fingerprint density at radius 3 is 2.35 bits per heavy atom. The van der Waals surface area contributed by atoms with E-state index in [1.54, 1.807) is 0 Å². The average molecular weight is 471 g/mol. The Morgan fingerprint density at radius 1 is 0.912 bits per heavy atom. The third kappa shape index (κ3) is 4.75. The van der Waals surface area contributed by atoms with E-state index in [1.165, 1.54) is 24.3 Å². The first-order valence-electron chi connectivity index (χ1n) is 10.1. The van der Waals surface area contributed by atoms with Crippen LogP contribution in [0.2, 0.25) is 0 Å². The predicted octanol–water partition coefficient (Wildman–Crippen LogP) is 3.35. The van der Waals surface area contributed by atoms with Crippen LogP contribution in [0, 0.1) is 23.3 Å². The number of nitrogens with one attached hydrogen (secondary N) is 2.